The van der Waals surface area contributed by atoms with Crippen molar-refractivity contribution in [3.8, 4) is 11.5 Å². The fraction of sp³-hybridized carbons (Fsp3) is 0.133. The Morgan fingerprint density at radius 2 is 1.86 bits per heavy atom. The van der Waals surface area contributed by atoms with Crippen LogP contribution in [0.1, 0.15) is 10.4 Å². The molecule has 2 aromatic rings. The summed E-state index contributed by atoms with van der Waals surface area (Å²) in [5, 5.41) is 9.00. The summed E-state index contributed by atoms with van der Waals surface area (Å²) in [6.07, 6.45) is 0. The maximum Gasteiger partial charge on any atom is 0.339 e. The van der Waals surface area contributed by atoms with Crippen LogP contribution in [0.4, 0.5) is 4.39 Å². The van der Waals surface area contributed by atoms with Crippen LogP contribution in [0.15, 0.2) is 46.9 Å². The highest BCUT2D eigenvalue weighted by Crippen LogP contribution is 2.22. The van der Waals surface area contributed by atoms with E-state index in [1.54, 1.807) is 18.2 Å². The van der Waals surface area contributed by atoms with Crippen molar-refractivity contribution in [3.05, 3.63) is 58.3 Å². The van der Waals surface area contributed by atoms with Gasteiger partial charge in [0.2, 0.25) is 0 Å². The first-order valence-electron chi connectivity index (χ1n) is 6.11. The first-order chi connectivity index (χ1) is 10.1. The average Bonchev–Trinajstić information content (AvgIpc) is 2.47. The smallest absolute Gasteiger partial charge is 0.339 e. The number of carboxylic acid groups (broad SMARTS) is 1. The highest BCUT2D eigenvalue weighted by Gasteiger charge is 2.09. The van der Waals surface area contributed by atoms with E-state index in [1.807, 2.05) is 0 Å². The molecule has 0 aliphatic carbocycles. The molecule has 2 aromatic carbocycles. The van der Waals surface area contributed by atoms with Gasteiger partial charge in [-0.25, -0.2) is 9.18 Å². The molecule has 0 radical (unpaired) electrons. The molecule has 21 heavy (non-hydrogen) atoms. The SMILES string of the molecule is O=C(O)c1ccccc1OCCOc1ccc(F)c(Br)c1. The second-order valence-electron chi connectivity index (χ2n) is 4.07. The molecule has 0 fully saturated rings. The minimum atomic E-state index is -1.05. The normalized spacial score (nSPS) is 10.2. The zero-order valence-electron chi connectivity index (χ0n) is 10.9. The van der Waals surface area contributed by atoms with Crippen molar-refractivity contribution in [1.82, 2.24) is 0 Å². The van der Waals surface area contributed by atoms with E-state index in [9.17, 15) is 9.18 Å². The van der Waals surface area contributed by atoms with Gasteiger partial charge in [-0.1, -0.05) is 12.1 Å². The van der Waals surface area contributed by atoms with Gasteiger partial charge in [0.25, 0.3) is 0 Å². The lowest BCUT2D eigenvalue weighted by Gasteiger charge is -2.10. The van der Waals surface area contributed by atoms with Crippen LogP contribution in [0.25, 0.3) is 0 Å². The molecule has 0 saturated heterocycles. The number of halogens is 2. The zero-order valence-corrected chi connectivity index (χ0v) is 12.5. The molecule has 110 valence electrons. The minimum Gasteiger partial charge on any atom is -0.490 e. The number of hydrogen-bond donors (Lipinski definition) is 1. The van der Waals surface area contributed by atoms with Crippen molar-refractivity contribution in [2.75, 3.05) is 13.2 Å². The minimum absolute atomic E-state index is 0.0991. The van der Waals surface area contributed by atoms with Crippen LogP contribution in [0.3, 0.4) is 0 Å². The number of carboxylic acids is 1. The number of ether oxygens (including phenoxy) is 2. The summed E-state index contributed by atoms with van der Waals surface area (Å²) in [4.78, 5) is 11.0. The number of para-hydroxylation sites is 1. The number of benzene rings is 2. The second kappa shape index (κ2) is 7.08. The van der Waals surface area contributed by atoms with E-state index in [-0.39, 0.29) is 30.3 Å². The lowest BCUT2D eigenvalue weighted by atomic mass is 10.2. The molecule has 0 aliphatic heterocycles. The summed E-state index contributed by atoms with van der Waals surface area (Å²) < 4.78 is 24.1. The Labute approximate surface area is 129 Å². The van der Waals surface area contributed by atoms with Crippen LogP contribution in [0.5, 0.6) is 11.5 Å². The summed E-state index contributed by atoms with van der Waals surface area (Å²) in [5.41, 5.74) is 0.0991. The van der Waals surface area contributed by atoms with Crippen molar-refractivity contribution in [1.29, 1.82) is 0 Å². The summed E-state index contributed by atoms with van der Waals surface area (Å²) in [6.45, 7) is 0.394. The molecule has 1 N–H and O–H groups in total. The van der Waals surface area contributed by atoms with Crippen LogP contribution in [0.2, 0.25) is 0 Å². The van der Waals surface area contributed by atoms with Crippen molar-refractivity contribution in [3.63, 3.8) is 0 Å². The predicted octanol–water partition coefficient (Wildman–Crippen LogP) is 3.74. The third-order valence-corrected chi connectivity index (χ3v) is 3.23. The number of carbonyl (C=O) groups is 1. The molecule has 0 bridgehead atoms. The Bertz CT molecular complexity index is 645. The van der Waals surface area contributed by atoms with Crippen molar-refractivity contribution in [2.45, 2.75) is 0 Å². The average molecular weight is 355 g/mol. The molecule has 0 unspecified atom stereocenters. The van der Waals surface area contributed by atoms with E-state index in [0.717, 1.165) is 0 Å². The van der Waals surface area contributed by atoms with Crippen LogP contribution in [-0.4, -0.2) is 24.3 Å². The van der Waals surface area contributed by atoms with Crippen LogP contribution >= 0.6 is 15.9 Å². The van der Waals surface area contributed by atoms with Crippen molar-refractivity contribution < 1.29 is 23.8 Å². The van der Waals surface area contributed by atoms with E-state index in [0.29, 0.717) is 10.2 Å². The molecule has 0 aromatic heterocycles. The molecule has 0 saturated carbocycles. The van der Waals surface area contributed by atoms with Gasteiger partial charge in [-0.3, -0.25) is 0 Å². The monoisotopic (exact) mass is 354 g/mol. The summed E-state index contributed by atoms with van der Waals surface area (Å²) >= 11 is 3.07. The zero-order chi connectivity index (χ0) is 15.2. The van der Waals surface area contributed by atoms with Gasteiger partial charge in [0.1, 0.15) is 36.1 Å². The molecule has 6 heteroatoms. The van der Waals surface area contributed by atoms with Gasteiger partial charge >= 0.3 is 5.97 Å². The van der Waals surface area contributed by atoms with Gasteiger partial charge < -0.3 is 14.6 Å². The largest absolute Gasteiger partial charge is 0.490 e. The van der Waals surface area contributed by atoms with E-state index >= 15 is 0 Å². The Morgan fingerprint density at radius 3 is 2.57 bits per heavy atom. The summed E-state index contributed by atoms with van der Waals surface area (Å²) in [6, 6.07) is 10.7. The highest BCUT2D eigenvalue weighted by molar-refractivity contribution is 9.10. The van der Waals surface area contributed by atoms with Crippen molar-refractivity contribution in [2.24, 2.45) is 0 Å². The summed E-state index contributed by atoms with van der Waals surface area (Å²) in [5.74, 6) is -0.629. The predicted molar refractivity (Wildman–Crippen MR) is 78.5 cm³/mol. The van der Waals surface area contributed by atoms with E-state index in [4.69, 9.17) is 14.6 Å². The molecule has 0 atom stereocenters. The fourth-order valence-corrected chi connectivity index (χ4v) is 2.00. The van der Waals surface area contributed by atoms with Crippen LogP contribution in [0, 0.1) is 5.82 Å². The first kappa shape index (κ1) is 15.3. The first-order valence-corrected chi connectivity index (χ1v) is 6.90. The van der Waals surface area contributed by atoms with E-state index < -0.39 is 5.97 Å². The molecule has 0 aliphatic rings. The number of aromatic carboxylic acids is 1. The Hall–Kier alpha value is -2.08. The molecule has 4 nitrogen and oxygen atoms in total. The van der Waals surface area contributed by atoms with Gasteiger partial charge in [-0.05, 0) is 46.3 Å². The second-order valence-corrected chi connectivity index (χ2v) is 4.93. The Kier molecular flexibility index (Phi) is 5.16. The molecule has 0 amide bonds. The third kappa shape index (κ3) is 4.19. The quantitative estimate of drug-likeness (QED) is 0.802. The number of hydrogen-bond acceptors (Lipinski definition) is 3. The summed E-state index contributed by atoms with van der Waals surface area (Å²) in [7, 11) is 0. The van der Waals surface area contributed by atoms with Gasteiger partial charge in [0, 0.05) is 0 Å². The molecule has 2 rings (SSSR count). The topological polar surface area (TPSA) is 55.8 Å². The molecular weight excluding hydrogens is 343 g/mol. The molecule has 0 spiro atoms. The standard InChI is InChI=1S/C15H12BrFO4/c16-12-9-10(5-6-13(12)17)20-7-8-21-14-4-2-1-3-11(14)15(18)19/h1-6,9H,7-8H2,(H,18,19). The Balaban J connectivity index is 1.87. The molecule has 0 heterocycles. The Morgan fingerprint density at radius 1 is 1.14 bits per heavy atom. The van der Waals surface area contributed by atoms with E-state index in [2.05, 4.69) is 15.9 Å². The van der Waals surface area contributed by atoms with Gasteiger partial charge in [-0.2, -0.15) is 0 Å². The molecular formula is C15H12BrFO4. The van der Waals surface area contributed by atoms with Crippen LogP contribution < -0.4 is 9.47 Å². The fourth-order valence-electron chi connectivity index (χ4n) is 1.65. The third-order valence-electron chi connectivity index (χ3n) is 2.62. The van der Waals surface area contributed by atoms with Crippen LogP contribution in [-0.2, 0) is 0 Å². The maximum atomic E-state index is 13.0. The lowest BCUT2D eigenvalue weighted by molar-refractivity contribution is 0.0691. The van der Waals surface area contributed by atoms with E-state index in [1.165, 1.54) is 24.3 Å². The number of rotatable bonds is 6. The maximum absolute atomic E-state index is 13.0. The lowest BCUT2D eigenvalue weighted by Crippen LogP contribution is -2.11. The highest BCUT2D eigenvalue weighted by atomic mass is 79.9. The van der Waals surface area contributed by atoms with Gasteiger partial charge in [-0.15, -0.1) is 0 Å². The van der Waals surface area contributed by atoms with Gasteiger partial charge in [0.05, 0.1) is 4.47 Å². The van der Waals surface area contributed by atoms with Gasteiger partial charge in [0.15, 0.2) is 0 Å². The van der Waals surface area contributed by atoms with Crippen molar-refractivity contribution >= 4 is 21.9 Å².